The van der Waals surface area contributed by atoms with Crippen LogP contribution in [0.25, 0.3) is 0 Å². The molecule has 0 saturated carbocycles. The minimum Gasteiger partial charge on any atom is -0.495 e. The van der Waals surface area contributed by atoms with Crippen LogP contribution in [0.5, 0.6) is 5.75 Å². The molecular formula is C21H25ClN4O3. The Bertz CT molecular complexity index is 877. The van der Waals surface area contributed by atoms with E-state index in [4.69, 9.17) is 21.4 Å². The van der Waals surface area contributed by atoms with Crippen molar-refractivity contribution in [3.63, 3.8) is 0 Å². The molecule has 3 aliphatic rings. The second kappa shape index (κ2) is 8.16. The molecule has 0 radical (unpaired) electrons. The van der Waals surface area contributed by atoms with E-state index < -0.39 is 0 Å². The molecule has 29 heavy (non-hydrogen) atoms. The predicted octanol–water partition coefficient (Wildman–Crippen LogP) is 2.56. The van der Waals surface area contributed by atoms with E-state index in [0.717, 1.165) is 17.7 Å². The van der Waals surface area contributed by atoms with Crippen molar-refractivity contribution < 1.29 is 14.3 Å². The van der Waals surface area contributed by atoms with Gasteiger partial charge in [0.2, 0.25) is 5.91 Å². The first-order chi connectivity index (χ1) is 14.0. The molecule has 1 aliphatic carbocycles. The van der Waals surface area contributed by atoms with E-state index in [1.165, 1.54) is 5.12 Å². The summed E-state index contributed by atoms with van der Waals surface area (Å²) in [6.45, 7) is 3.92. The van der Waals surface area contributed by atoms with Crippen molar-refractivity contribution in [2.75, 3.05) is 33.3 Å². The van der Waals surface area contributed by atoms with E-state index in [-0.39, 0.29) is 23.7 Å². The fraction of sp³-hybridized carbons (Fsp3) is 0.476. The molecule has 0 spiro atoms. The summed E-state index contributed by atoms with van der Waals surface area (Å²) in [6.07, 6.45) is 5.69. The number of ether oxygens (including phenoxy) is 1. The number of methoxy groups -OCH3 is 1. The van der Waals surface area contributed by atoms with Gasteiger partial charge in [0.1, 0.15) is 5.75 Å². The Hall–Kier alpha value is -2.38. The molecule has 8 heteroatoms. The molecule has 1 fully saturated rings. The van der Waals surface area contributed by atoms with E-state index in [1.54, 1.807) is 18.9 Å². The first-order valence-electron chi connectivity index (χ1n) is 9.91. The number of halogens is 1. The zero-order valence-corrected chi connectivity index (χ0v) is 17.4. The van der Waals surface area contributed by atoms with Crippen LogP contribution < -0.4 is 4.74 Å². The molecule has 0 unspecified atom stereocenters. The third-order valence-electron chi connectivity index (χ3n) is 5.92. The van der Waals surface area contributed by atoms with Crippen LogP contribution in [0, 0.1) is 11.8 Å². The van der Waals surface area contributed by atoms with Gasteiger partial charge in [0.25, 0.3) is 5.91 Å². The fourth-order valence-corrected chi connectivity index (χ4v) is 4.52. The van der Waals surface area contributed by atoms with Gasteiger partial charge in [-0.15, -0.1) is 0 Å². The summed E-state index contributed by atoms with van der Waals surface area (Å²) in [4.78, 5) is 26.7. The molecule has 2 amide bonds. The number of hydrogen-bond acceptors (Lipinski definition) is 5. The molecular weight excluding hydrogens is 392 g/mol. The monoisotopic (exact) mass is 416 g/mol. The van der Waals surface area contributed by atoms with Crippen LogP contribution in [0.3, 0.4) is 0 Å². The number of rotatable bonds is 3. The second-order valence-corrected chi connectivity index (χ2v) is 7.98. The van der Waals surface area contributed by atoms with Crippen LogP contribution in [0.4, 0.5) is 0 Å². The summed E-state index contributed by atoms with van der Waals surface area (Å²) in [5.41, 5.74) is 1.78. The highest BCUT2D eigenvalue weighted by Crippen LogP contribution is 2.36. The number of benzene rings is 1. The van der Waals surface area contributed by atoms with Crippen LogP contribution in [0.15, 0.2) is 35.5 Å². The topological polar surface area (TPSA) is 65.5 Å². The lowest BCUT2D eigenvalue weighted by Crippen LogP contribution is -2.58. The van der Waals surface area contributed by atoms with Crippen LogP contribution >= 0.6 is 11.6 Å². The number of allylic oxidation sites excluding steroid dienone is 2. The normalized spacial score (nSPS) is 24.9. The highest BCUT2D eigenvalue weighted by atomic mass is 35.5. The molecule has 1 aromatic carbocycles. The van der Waals surface area contributed by atoms with Crippen molar-refractivity contribution >= 4 is 29.1 Å². The molecule has 154 valence electrons. The predicted molar refractivity (Wildman–Crippen MR) is 111 cm³/mol. The van der Waals surface area contributed by atoms with E-state index in [9.17, 15) is 9.59 Å². The lowest BCUT2D eigenvalue weighted by Gasteiger charge is -2.43. The number of hydrazine groups is 1. The Balaban J connectivity index is 1.67. The number of nitrogens with zero attached hydrogens (tertiary/aromatic N) is 4. The summed E-state index contributed by atoms with van der Waals surface area (Å²) in [5.74, 6) is 0.592. The minimum absolute atomic E-state index is 0.0268. The first kappa shape index (κ1) is 19.9. The van der Waals surface area contributed by atoms with Gasteiger partial charge < -0.3 is 9.64 Å². The van der Waals surface area contributed by atoms with Gasteiger partial charge in [-0.05, 0) is 36.6 Å². The summed E-state index contributed by atoms with van der Waals surface area (Å²) in [5, 5.41) is 8.80. The highest BCUT2D eigenvalue weighted by Gasteiger charge is 2.42. The quantitative estimate of drug-likeness (QED) is 0.710. The smallest absolute Gasteiger partial charge is 0.261 e. The molecule has 7 nitrogen and oxygen atoms in total. The second-order valence-electron chi connectivity index (χ2n) is 7.58. The van der Waals surface area contributed by atoms with Gasteiger partial charge >= 0.3 is 0 Å². The van der Waals surface area contributed by atoms with E-state index in [2.05, 4.69) is 12.2 Å². The molecule has 1 saturated heterocycles. The van der Waals surface area contributed by atoms with Gasteiger partial charge in [-0.25, -0.2) is 0 Å². The Morgan fingerprint density at radius 3 is 2.45 bits per heavy atom. The molecule has 0 bridgehead atoms. The maximum absolute atomic E-state index is 13.2. The maximum Gasteiger partial charge on any atom is 0.261 e. The average molecular weight is 417 g/mol. The SMILES string of the molecule is COc1ccc(C2=NN(N3CCN(C(C)=O)CC3)C(=O)[C@H]3CC=CC[C@@H]23)cc1Cl. The Morgan fingerprint density at radius 2 is 1.83 bits per heavy atom. The number of hydrazone groups is 1. The van der Waals surface area contributed by atoms with Gasteiger partial charge in [0, 0.05) is 39.0 Å². The third-order valence-corrected chi connectivity index (χ3v) is 6.21. The minimum atomic E-state index is -0.140. The summed E-state index contributed by atoms with van der Waals surface area (Å²) >= 11 is 6.36. The molecule has 2 heterocycles. The van der Waals surface area contributed by atoms with Crippen molar-refractivity contribution in [1.29, 1.82) is 0 Å². The molecule has 1 aromatic rings. The number of amides is 2. The van der Waals surface area contributed by atoms with Gasteiger partial charge in [-0.1, -0.05) is 23.8 Å². The lowest BCUT2D eigenvalue weighted by atomic mass is 9.76. The molecule has 4 rings (SSSR count). The zero-order chi connectivity index (χ0) is 20.5. The molecule has 2 aliphatic heterocycles. The molecule has 0 aromatic heterocycles. The van der Waals surface area contributed by atoms with Gasteiger partial charge in [0.05, 0.1) is 23.8 Å². The van der Waals surface area contributed by atoms with Crippen molar-refractivity contribution in [2.45, 2.75) is 19.8 Å². The molecule has 2 atom stereocenters. The third kappa shape index (κ3) is 3.76. The average Bonchev–Trinajstić information content (AvgIpc) is 2.74. The maximum atomic E-state index is 13.2. The fourth-order valence-electron chi connectivity index (χ4n) is 4.26. The highest BCUT2D eigenvalue weighted by molar-refractivity contribution is 6.32. The first-order valence-corrected chi connectivity index (χ1v) is 10.3. The number of carbonyl (C=O) groups is 2. The number of fused-ring (bicyclic) bond motifs is 1. The standard InChI is InChI=1S/C21H25ClN4O3/c1-14(27)24-9-11-25(12-10-24)26-21(28)17-6-4-3-5-16(17)20(23-26)15-7-8-19(29-2)18(22)13-15/h3-4,7-8,13,16-17H,5-6,9-12H2,1-2H3/t16-,17+/m1/s1. The van der Waals surface area contributed by atoms with Crippen molar-refractivity contribution in [3.05, 3.63) is 40.9 Å². The largest absolute Gasteiger partial charge is 0.495 e. The van der Waals surface area contributed by atoms with Crippen LogP contribution in [-0.2, 0) is 9.59 Å². The molecule has 0 N–H and O–H groups in total. The zero-order valence-electron chi connectivity index (χ0n) is 16.7. The lowest BCUT2D eigenvalue weighted by molar-refractivity contribution is -0.161. The Labute approximate surface area is 175 Å². The number of hydrogen-bond donors (Lipinski definition) is 0. The van der Waals surface area contributed by atoms with E-state index in [0.29, 0.717) is 43.4 Å². The number of piperazine rings is 1. The van der Waals surface area contributed by atoms with Gasteiger partial charge in [-0.3, -0.25) is 9.59 Å². The summed E-state index contributed by atoms with van der Waals surface area (Å²) in [6, 6.07) is 5.64. The summed E-state index contributed by atoms with van der Waals surface area (Å²) in [7, 11) is 1.59. The van der Waals surface area contributed by atoms with Crippen molar-refractivity contribution in [2.24, 2.45) is 16.9 Å². The van der Waals surface area contributed by atoms with E-state index >= 15 is 0 Å². The van der Waals surface area contributed by atoms with Crippen LogP contribution in [0.2, 0.25) is 5.02 Å². The number of carbonyl (C=O) groups excluding carboxylic acids is 2. The van der Waals surface area contributed by atoms with Crippen LogP contribution in [0.1, 0.15) is 25.3 Å². The van der Waals surface area contributed by atoms with Crippen molar-refractivity contribution in [1.82, 2.24) is 15.0 Å². The van der Waals surface area contributed by atoms with Crippen molar-refractivity contribution in [3.8, 4) is 5.75 Å². The Kier molecular flexibility index (Phi) is 5.61. The van der Waals surface area contributed by atoms with Gasteiger partial charge in [-0.2, -0.15) is 15.2 Å². The van der Waals surface area contributed by atoms with Crippen LogP contribution in [-0.4, -0.2) is 65.8 Å². The van der Waals surface area contributed by atoms with Gasteiger partial charge in [0.15, 0.2) is 0 Å². The Morgan fingerprint density at radius 1 is 1.14 bits per heavy atom. The van der Waals surface area contributed by atoms with E-state index in [1.807, 2.05) is 23.2 Å². The summed E-state index contributed by atoms with van der Waals surface area (Å²) < 4.78 is 5.27.